The van der Waals surface area contributed by atoms with Gasteiger partial charge in [-0.3, -0.25) is 4.79 Å². The van der Waals surface area contributed by atoms with Gasteiger partial charge in [-0.2, -0.15) is 0 Å². The molecule has 0 amide bonds. The van der Waals surface area contributed by atoms with Gasteiger partial charge in [0.25, 0.3) is 0 Å². The molecule has 1 aromatic rings. The third kappa shape index (κ3) is 3.24. The minimum atomic E-state index is -0.837. The lowest BCUT2D eigenvalue weighted by Crippen LogP contribution is -1.97. The lowest BCUT2D eigenvalue weighted by atomic mass is 10.2. The molecule has 1 aliphatic rings. The Morgan fingerprint density at radius 1 is 1.29 bits per heavy atom. The summed E-state index contributed by atoms with van der Waals surface area (Å²) in [4.78, 5) is 10.4. The zero-order valence-corrected chi connectivity index (χ0v) is 9.39. The quantitative estimate of drug-likeness (QED) is 0.872. The van der Waals surface area contributed by atoms with Crippen LogP contribution < -0.4 is 9.47 Å². The van der Waals surface area contributed by atoms with Crippen molar-refractivity contribution in [1.29, 1.82) is 0 Å². The molecular weight excluding hydrogens is 220 g/mol. The first-order valence-corrected chi connectivity index (χ1v) is 5.54. The number of hydrogen-bond acceptors (Lipinski definition) is 3. The van der Waals surface area contributed by atoms with Crippen molar-refractivity contribution >= 4 is 12.0 Å². The van der Waals surface area contributed by atoms with E-state index in [0.29, 0.717) is 13.2 Å². The number of hydrogen-bond donors (Lipinski definition) is 1. The number of carboxylic acid groups (broad SMARTS) is 1. The molecule has 0 unspecified atom stereocenters. The Morgan fingerprint density at radius 2 is 2.06 bits per heavy atom. The summed E-state index contributed by atoms with van der Waals surface area (Å²) in [5.41, 5.74) is 0.913. The van der Waals surface area contributed by atoms with Crippen LogP contribution in [0.5, 0.6) is 11.5 Å². The van der Waals surface area contributed by atoms with Crippen LogP contribution in [0.25, 0.3) is 6.08 Å². The molecule has 1 N–H and O–H groups in total. The molecule has 0 saturated heterocycles. The predicted octanol–water partition coefficient (Wildman–Crippen LogP) is 2.34. The van der Waals surface area contributed by atoms with Crippen molar-refractivity contribution in [2.45, 2.75) is 12.8 Å². The van der Waals surface area contributed by atoms with E-state index in [0.717, 1.165) is 23.5 Å². The molecule has 0 aliphatic carbocycles. The summed E-state index contributed by atoms with van der Waals surface area (Å²) >= 11 is 0. The maximum Gasteiger partial charge on any atom is 0.307 e. The molecule has 0 atom stereocenters. The summed E-state index contributed by atoms with van der Waals surface area (Å²) in [6.07, 6.45) is 4.28. The molecule has 4 nitrogen and oxygen atoms in total. The highest BCUT2D eigenvalue weighted by atomic mass is 16.5. The van der Waals surface area contributed by atoms with Gasteiger partial charge in [-0.05, 0) is 17.7 Å². The van der Waals surface area contributed by atoms with Crippen LogP contribution in [-0.2, 0) is 4.79 Å². The summed E-state index contributed by atoms with van der Waals surface area (Å²) in [5.74, 6) is 0.633. The molecule has 0 radical (unpaired) electrons. The normalized spacial score (nSPS) is 14.6. The number of aliphatic carboxylic acids is 1. The first-order valence-electron chi connectivity index (χ1n) is 5.54. The molecular formula is C13H14O4. The molecule has 1 heterocycles. The Bertz CT molecular complexity index is 437. The van der Waals surface area contributed by atoms with Crippen LogP contribution in [0.1, 0.15) is 18.4 Å². The van der Waals surface area contributed by atoms with Crippen molar-refractivity contribution in [2.75, 3.05) is 13.2 Å². The van der Waals surface area contributed by atoms with Crippen LogP contribution in [0.3, 0.4) is 0 Å². The second kappa shape index (κ2) is 5.39. The SMILES string of the molecule is O=C(O)C/C=C/c1ccc2c(c1)OCCCO2. The van der Waals surface area contributed by atoms with Gasteiger partial charge in [0, 0.05) is 6.42 Å². The van der Waals surface area contributed by atoms with Gasteiger partial charge in [0.05, 0.1) is 19.6 Å². The van der Waals surface area contributed by atoms with Crippen LogP contribution in [0.4, 0.5) is 0 Å². The molecule has 0 fully saturated rings. The van der Waals surface area contributed by atoms with Crippen LogP contribution in [0, 0.1) is 0 Å². The van der Waals surface area contributed by atoms with E-state index in [9.17, 15) is 4.79 Å². The summed E-state index contributed by atoms with van der Waals surface area (Å²) in [6.45, 7) is 1.32. The fraction of sp³-hybridized carbons (Fsp3) is 0.308. The predicted molar refractivity (Wildman–Crippen MR) is 63.3 cm³/mol. The molecule has 0 spiro atoms. The van der Waals surface area contributed by atoms with E-state index in [2.05, 4.69) is 0 Å². The molecule has 4 heteroatoms. The first kappa shape index (κ1) is 11.5. The zero-order chi connectivity index (χ0) is 12.1. The Hall–Kier alpha value is -1.97. The Kier molecular flexibility index (Phi) is 3.65. The number of carbonyl (C=O) groups is 1. The molecule has 2 rings (SSSR count). The van der Waals surface area contributed by atoms with Gasteiger partial charge in [0.15, 0.2) is 11.5 Å². The first-order chi connectivity index (χ1) is 8.25. The lowest BCUT2D eigenvalue weighted by Gasteiger charge is -2.07. The van der Waals surface area contributed by atoms with E-state index in [1.54, 1.807) is 12.2 Å². The van der Waals surface area contributed by atoms with Crippen molar-refractivity contribution < 1.29 is 19.4 Å². The van der Waals surface area contributed by atoms with E-state index in [1.807, 2.05) is 18.2 Å². The van der Waals surface area contributed by atoms with Crippen molar-refractivity contribution in [3.05, 3.63) is 29.8 Å². The highest BCUT2D eigenvalue weighted by Gasteiger charge is 2.09. The molecule has 17 heavy (non-hydrogen) atoms. The molecule has 1 aromatic carbocycles. The minimum absolute atomic E-state index is 0.0223. The Balaban J connectivity index is 2.12. The fourth-order valence-corrected chi connectivity index (χ4v) is 1.58. The largest absolute Gasteiger partial charge is 0.490 e. The van der Waals surface area contributed by atoms with E-state index in [1.165, 1.54) is 0 Å². The Labute approximate surface area is 99.5 Å². The lowest BCUT2D eigenvalue weighted by molar-refractivity contribution is -0.135. The van der Waals surface area contributed by atoms with E-state index in [-0.39, 0.29) is 6.42 Å². The van der Waals surface area contributed by atoms with Gasteiger partial charge in [-0.15, -0.1) is 0 Å². The highest BCUT2D eigenvalue weighted by Crippen LogP contribution is 2.30. The van der Waals surface area contributed by atoms with Crippen molar-refractivity contribution in [3.8, 4) is 11.5 Å². The average Bonchev–Trinajstić information content (AvgIpc) is 2.53. The van der Waals surface area contributed by atoms with Gasteiger partial charge in [-0.1, -0.05) is 18.2 Å². The number of fused-ring (bicyclic) bond motifs is 1. The maximum atomic E-state index is 10.4. The summed E-state index contributed by atoms with van der Waals surface area (Å²) < 4.78 is 11.0. The third-order valence-electron chi connectivity index (χ3n) is 2.37. The van der Waals surface area contributed by atoms with Crippen molar-refractivity contribution in [3.63, 3.8) is 0 Å². The van der Waals surface area contributed by atoms with E-state index >= 15 is 0 Å². The smallest absolute Gasteiger partial charge is 0.307 e. The number of benzene rings is 1. The van der Waals surface area contributed by atoms with Crippen molar-refractivity contribution in [2.24, 2.45) is 0 Å². The van der Waals surface area contributed by atoms with Crippen LogP contribution >= 0.6 is 0 Å². The third-order valence-corrected chi connectivity index (χ3v) is 2.37. The fourth-order valence-electron chi connectivity index (χ4n) is 1.58. The molecule has 0 aromatic heterocycles. The van der Waals surface area contributed by atoms with Gasteiger partial charge < -0.3 is 14.6 Å². The second-order valence-corrected chi connectivity index (χ2v) is 3.76. The monoisotopic (exact) mass is 234 g/mol. The number of rotatable bonds is 3. The maximum absolute atomic E-state index is 10.4. The second-order valence-electron chi connectivity index (χ2n) is 3.76. The number of carboxylic acids is 1. The minimum Gasteiger partial charge on any atom is -0.490 e. The summed E-state index contributed by atoms with van der Waals surface area (Å²) in [5, 5.41) is 8.52. The van der Waals surface area contributed by atoms with Gasteiger partial charge >= 0.3 is 5.97 Å². The van der Waals surface area contributed by atoms with Gasteiger partial charge in [0.1, 0.15) is 0 Å². The highest BCUT2D eigenvalue weighted by molar-refractivity contribution is 5.70. The van der Waals surface area contributed by atoms with Crippen LogP contribution in [0.2, 0.25) is 0 Å². The number of ether oxygens (including phenoxy) is 2. The van der Waals surface area contributed by atoms with E-state index in [4.69, 9.17) is 14.6 Å². The molecule has 0 saturated carbocycles. The zero-order valence-electron chi connectivity index (χ0n) is 9.39. The summed E-state index contributed by atoms with van der Waals surface area (Å²) in [7, 11) is 0. The average molecular weight is 234 g/mol. The van der Waals surface area contributed by atoms with E-state index < -0.39 is 5.97 Å². The van der Waals surface area contributed by atoms with Gasteiger partial charge in [-0.25, -0.2) is 0 Å². The van der Waals surface area contributed by atoms with Crippen LogP contribution in [0.15, 0.2) is 24.3 Å². The molecule has 90 valence electrons. The molecule has 0 bridgehead atoms. The molecule has 1 aliphatic heterocycles. The van der Waals surface area contributed by atoms with Crippen molar-refractivity contribution in [1.82, 2.24) is 0 Å². The summed E-state index contributed by atoms with van der Waals surface area (Å²) in [6, 6.07) is 5.59. The standard InChI is InChI=1S/C13H14O4/c14-13(15)4-1-3-10-5-6-11-12(9-10)17-8-2-7-16-11/h1,3,5-6,9H,2,4,7-8H2,(H,14,15)/b3-1+. The van der Waals surface area contributed by atoms with Gasteiger partial charge in [0.2, 0.25) is 0 Å². The topological polar surface area (TPSA) is 55.8 Å². The Morgan fingerprint density at radius 3 is 2.82 bits per heavy atom. The van der Waals surface area contributed by atoms with Crippen LogP contribution in [-0.4, -0.2) is 24.3 Å².